The molecule has 2 N–H and O–H groups in total. The van der Waals surface area contributed by atoms with Gasteiger partial charge in [0.1, 0.15) is 18.1 Å². The molecule has 1 aromatic rings. The molecular weight excluding hydrogens is 230 g/mol. The third kappa shape index (κ3) is 3.15. The standard InChI is InChI=1S/C14H21NO3/c1-14(2,16)6-7-17-10-4-5-11-12(15-3)9-18-13(11)8-10/h4-5,8,12,15-16H,6-7,9H2,1-3H3. The molecule has 0 radical (unpaired) electrons. The summed E-state index contributed by atoms with van der Waals surface area (Å²) in [4.78, 5) is 0. The second kappa shape index (κ2) is 5.16. The van der Waals surface area contributed by atoms with Crippen LogP contribution in [0.4, 0.5) is 0 Å². The molecule has 0 fully saturated rings. The molecule has 1 aliphatic rings. The zero-order valence-corrected chi connectivity index (χ0v) is 11.2. The number of hydrogen-bond donors (Lipinski definition) is 2. The first-order chi connectivity index (χ1) is 8.49. The molecule has 1 aliphatic heterocycles. The van der Waals surface area contributed by atoms with Gasteiger partial charge in [-0.3, -0.25) is 0 Å². The van der Waals surface area contributed by atoms with Crippen molar-refractivity contribution in [3.8, 4) is 11.5 Å². The van der Waals surface area contributed by atoms with Crippen LogP contribution in [0.1, 0.15) is 31.9 Å². The first-order valence-corrected chi connectivity index (χ1v) is 6.29. The lowest BCUT2D eigenvalue weighted by molar-refractivity contribution is 0.0553. The van der Waals surface area contributed by atoms with Gasteiger partial charge >= 0.3 is 0 Å². The number of hydrogen-bond acceptors (Lipinski definition) is 4. The van der Waals surface area contributed by atoms with Gasteiger partial charge in [0.2, 0.25) is 0 Å². The molecule has 4 heteroatoms. The van der Waals surface area contributed by atoms with Crippen LogP contribution in [0.3, 0.4) is 0 Å². The normalized spacial score (nSPS) is 18.3. The third-order valence-corrected chi connectivity index (χ3v) is 3.10. The van der Waals surface area contributed by atoms with Crippen LogP contribution >= 0.6 is 0 Å². The zero-order chi connectivity index (χ0) is 13.2. The van der Waals surface area contributed by atoms with Gasteiger partial charge in [-0.05, 0) is 33.0 Å². The Morgan fingerprint density at radius 1 is 1.50 bits per heavy atom. The summed E-state index contributed by atoms with van der Waals surface area (Å²) < 4.78 is 11.2. The van der Waals surface area contributed by atoms with Crippen LogP contribution in [0.2, 0.25) is 0 Å². The van der Waals surface area contributed by atoms with Crippen LogP contribution in [0.5, 0.6) is 11.5 Å². The van der Waals surface area contributed by atoms with Crippen LogP contribution in [0.15, 0.2) is 18.2 Å². The lowest BCUT2D eigenvalue weighted by Crippen LogP contribution is -2.21. The predicted octanol–water partition coefficient (Wildman–Crippen LogP) is 1.88. The molecule has 100 valence electrons. The molecule has 0 bridgehead atoms. The smallest absolute Gasteiger partial charge is 0.127 e. The van der Waals surface area contributed by atoms with Crippen molar-refractivity contribution in [3.63, 3.8) is 0 Å². The zero-order valence-electron chi connectivity index (χ0n) is 11.2. The van der Waals surface area contributed by atoms with Gasteiger partial charge in [-0.2, -0.15) is 0 Å². The molecule has 1 aromatic carbocycles. The van der Waals surface area contributed by atoms with E-state index in [0.29, 0.717) is 19.6 Å². The Labute approximate surface area is 108 Å². The Morgan fingerprint density at radius 2 is 2.28 bits per heavy atom. The van der Waals surface area contributed by atoms with E-state index in [-0.39, 0.29) is 6.04 Å². The van der Waals surface area contributed by atoms with E-state index >= 15 is 0 Å². The number of fused-ring (bicyclic) bond motifs is 1. The van der Waals surface area contributed by atoms with Crippen molar-refractivity contribution >= 4 is 0 Å². The summed E-state index contributed by atoms with van der Waals surface area (Å²) in [7, 11) is 1.93. The minimum Gasteiger partial charge on any atom is -0.493 e. The highest BCUT2D eigenvalue weighted by Gasteiger charge is 2.23. The Morgan fingerprint density at radius 3 is 2.94 bits per heavy atom. The monoisotopic (exact) mass is 251 g/mol. The lowest BCUT2D eigenvalue weighted by atomic mass is 10.1. The minimum atomic E-state index is -0.690. The third-order valence-electron chi connectivity index (χ3n) is 3.10. The second-order valence-corrected chi connectivity index (χ2v) is 5.26. The minimum absolute atomic E-state index is 0.269. The summed E-state index contributed by atoms with van der Waals surface area (Å²) in [5.41, 5.74) is 0.483. The SMILES string of the molecule is CNC1COc2cc(OCCC(C)(C)O)ccc21. The fraction of sp³-hybridized carbons (Fsp3) is 0.571. The molecule has 1 atom stereocenters. The molecule has 0 amide bonds. The fourth-order valence-corrected chi connectivity index (χ4v) is 1.94. The number of likely N-dealkylation sites (N-methyl/N-ethyl adjacent to an activating group) is 1. The van der Waals surface area contributed by atoms with Crippen molar-refractivity contribution in [3.05, 3.63) is 23.8 Å². The van der Waals surface area contributed by atoms with Crippen LogP contribution in [0, 0.1) is 0 Å². The van der Waals surface area contributed by atoms with Crippen molar-refractivity contribution in [2.45, 2.75) is 31.9 Å². The highest BCUT2D eigenvalue weighted by molar-refractivity contribution is 5.44. The van der Waals surface area contributed by atoms with Gasteiger partial charge in [-0.15, -0.1) is 0 Å². The summed E-state index contributed by atoms with van der Waals surface area (Å²) in [6.45, 7) is 4.72. The summed E-state index contributed by atoms with van der Waals surface area (Å²) in [5, 5.41) is 12.8. The van der Waals surface area contributed by atoms with E-state index in [0.717, 1.165) is 11.5 Å². The maximum Gasteiger partial charge on any atom is 0.127 e. The van der Waals surface area contributed by atoms with Crippen molar-refractivity contribution in [2.75, 3.05) is 20.3 Å². The number of nitrogens with one attached hydrogen (secondary N) is 1. The Hall–Kier alpha value is -1.26. The van der Waals surface area contributed by atoms with E-state index < -0.39 is 5.60 Å². The molecule has 1 heterocycles. The topological polar surface area (TPSA) is 50.7 Å². The van der Waals surface area contributed by atoms with Gasteiger partial charge < -0.3 is 19.9 Å². The average Bonchev–Trinajstić information content (AvgIpc) is 2.69. The van der Waals surface area contributed by atoms with Crippen LogP contribution in [0.25, 0.3) is 0 Å². The number of benzene rings is 1. The van der Waals surface area contributed by atoms with E-state index in [2.05, 4.69) is 5.32 Å². The lowest BCUT2D eigenvalue weighted by Gasteiger charge is -2.17. The molecule has 2 rings (SSSR count). The van der Waals surface area contributed by atoms with Crippen molar-refractivity contribution in [1.82, 2.24) is 5.32 Å². The first kappa shape index (κ1) is 13.2. The van der Waals surface area contributed by atoms with E-state index in [1.807, 2.05) is 25.2 Å². The highest BCUT2D eigenvalue weighted by atomic mass is 16.5. The Bertz CT molecular complexity index is 412. The maximum absolute atomic E-state index is 9.60. The van der Waals surface area contributed by atoms with Crippen molar-refractivity contribution in [1.29, 1.82) is 0 Å². The second-order valence-electron chi connectivity index (χ2n) is 5.26. The van der Waals surface area contributed by atoms with E-state index in [9.17, 15) is 5.11 Å². The molecule has 0 aliphatic carbocycles. The summed E-state index contributed by atoms with van der Waals surface area (Å²) in [6.07, 6.45) is 0.601. The Kier molecular flexibility index (Phi) is 3.78. The van der Waals surface area contributed by atoms with Crippen molar-refractivity contribution < 1.29 is 14.6 Å². The van der Waals surface area contributed by atoms with Gasteiger partial charge in [0, 0.05) is 18.1 Å². The van der Waals surface area contributed by atoms with E-state index in [4.69, 9.17) is 9.47 Å². The molecule has 18 heavy (non-hydrogen) atoms. The van der Waals surface area contributed by atoms with Gasteiger partial charge in [0.15, 0.2) is 0 Å². The van der Waals surface area contributed by atoms with Gasteiger partial charge in [-0.25, -0.2) is 0 Å². The summed E-state index contributed by atoms with van der Waals surface area (Å²) >= 11 is 0. The van der Waals surface area contributed by atoms with E-state index in [1.54, 1.807) is 13.8 Å². The molecule has 1 unspecified atom stereocenters. The molecular formula is C14H21NO3. The maximum atomic E-state index is 9.60. The van der Waals surface area contributed by atoms with Gasteiger partial charge in [0.25, 0.3) is 0 Å². The number of ether oxygens (including phenoxy) is 2. The van der Waals surface area contributed by atoms with Crippen LogP contribution in [-0.2, 0) is 0 Å². The number of rotatable bonds is 5. The van der Waals surface area contributed by atoms with Crippen LogP contribution < -0.4 is 14.8 Å². The predicted molar refractivity (Wildman–Crippen MR) is 70.1 cm³/mol. The highest BCUT2D eigenvalue weighted by Crippen LogP contribution is 2.35. The quantitative estimate of drug-likeness (QED) is 0.839. The summed E-state index contributed by atoms with van der Waals surface area (Å²) in [5.74, 6) is 1.67. The molecule has 0 saturated carbocycles. The van der Waals surface area contributed by atoms with Gasteiger partial charge in [0.05, 0.1) is 18.2 Å². The molecule has 0 spiro atoms. The first-order valence-electron chi connectivity index (χ1n) is 6.29. The molecule has 4 nitrogen and oxygen atoms in total. The Balaban J connectivity index is 1.96. The molecule has 0 saturated heterocycles. The molecule has 0 aromatic heterocycles. The fourth-order valence-electron chi connectivity index (χ4n) is 1.94. The largest absolute Gasteiger partial charge is 0.493 e. The van der Waals surface area contributed by atoms with Gasteiger partial charge in [-0.1, -0.05) is 0 Å². The average molecular weight is 251 g/mol. The van der Waals surface area contributed by atoms with Crippen LogP contribution in [-0.4, -0.2) is 31.0 Å². The van der Waals surface area contributed by atoms with E-state index in [1.165, 1.54) is 5.56 Å². The number of aliphatic hydroxyl groups is 1. The summed E-state index contributed by atoms with van der Waals surface area (Å²) in [6, 6.07) is 6.16. The van der Waals surface area contributed by atoms with Crippen molar-refractivity contribution in [2.24, 2.45) is 0 Å².